The lowest BCUT2D eigenvalue weighted by Gasteiger charge is -2.23. The molecule has 1 aromatic rings. The Balaban J connectivity index is 2.37. The second-order valence-electron chi connectivity index (χ2n) is 4.86. The van der Waals surface area contributed by atoms with Crippen molar-refractivity contribution in [3.05, 3.63) is 33.8 Å². The topological polar surface area (TPSA) is 37.3 Å². The monoisotopic (exact) mass is 286 g/mol. The fourth-order valence-corrected chi connectivity index (χ4v) is 3.21. The third-order valence-corrected chi connectivity index (χ3v) is 4.27. The zero-order valence-electron chi connectivity index (χ0n) is 10.0. The van der Waals surface area contributed by atoms with Gasteiger partial charge in [0.25, 0.3) is 0 Å². The van der Waals surface area contributed by atoms with Gasteiger partial charge in [0.05, 0.1) is 5.92 Å². The van der Waals surface area contributed by atoms with Gasteiger partial charge in [0, 0.05) is 10.0 Å². The predicted octanol–water partition coefficient (Wildman–Crippen LogP) is 4.74. The molecular weight excluding hydrogens is 271 g/mol. The van der Waals surface area contributed by atoms with Gasteiger partial charge in [-0.3, -0.25) is 4.79 Å². The van der Waals surface area contributed by atoms with Crippen molar-refractivity contribution in [3.63, 3.8) is 0 Å². The third kappa shape index (κ3) is 2.99. The number of benzene rings is 1. The van der Waals surface area contributed by atoms with Gasteiger partial charge in [0.2, 0.25) is 0 Å². The maximum absolute atomic E-state index is 11.4. The Bertz CT molecular complexity index is 445. The summed E-state index contributed by atoms with van der Waals surface area (Å²) in [5, 5.41) is 10.6. The molecule has 0 aromatic heterocycles. The van der Waals surface area contributed by atoms with Crippen LogP contribution in [0.15, 0.2) is 18.2 Å². The zero-order chi connectivity index (χ0) is 13.1. The normalized spacial score (nSPS) is 24.6. The Labute approximate surface area is 117 Å². The van der Waals surface area contributed by atoms with E-state index in [-0.39, 0.29) is 11.8 Å². The summed E-state index contributed by atoms with van der Waals surface area (Å²) in [6, 6.07) is 5.30. The second kappa shape index (κ2) is 5.94. The van der Waals surface area contributed by atoms with Crippen LogP contribution >= 0.6 is 23.2 Å². The SMILES string of the molecule is O=C(O)C1CCCCCC1c1cc(Cl)ccc1Cl. The fraction of sp³-hybridized carbons (Fsp3) is 0.500. The van der Waals surface area contributed by atoms with Crippen LogP contribution in [0.1, 0.15) is 43.6 Å². The molecule has 0 amide bonds. The quantitative estimate of drug-likeness (QED) is 0.797. The number of carbonyl (C=O) groups is 1. The molecule has 0 aliphatic heterocycles. The van der Waals surface area contributed by atoms with E-state index >= 15 is 0 Å². The molecule has 18 heavy (non-hydrogen) atoms. The molecule has 1 saturated carbocycles. The van der Waals surface area contributed by atoms with Crippen molar-refractivity contribution in [2.24, 2.45) is 5.92 Å². The van der Waals surface area contributed by atoms with Crippen molar-refractivity contribution in [1.82, 2.24) is 0 Å². The molecule has 0 bridgehead atoms. The first kappa shape index (κ1) is 13.7. The summed E-state index contributed by atoms with van der Waals surface area (Å²) in [6.07, 6.45) is 4.72. The summed E-state index contributed by atoms with van der Waals surface area (Å²) in [5.41, 5.74) is 0.887. The van der Waals surface area contributed by atoms with Gasteiger partial charge in [-0.1, -0.05) is 42.5 Å². The Morgan fingerprint density at radius 2 is 1.89 bits per heavy atom. The smallest absolute Gasteiger partial charge is 0.307 e. The van der Waals surface area contributed by atoms with E-state index < -0.39 is 5.97 Å². The maximum Gasteiger partial charge on any atom is 0.307 e. The summed E-state index contributed by atoms with van der Waals surface area (Å²) in [5.74, 6) is -1.09. The first-order valence-electron chi connectivity index (χ1n) is 6.27. The number of hydrogen-bond acceptors (Lipinski definition) is 1. The lowest BCUT2D eigenvalue weighted by Crippen LogP contribution is -2.21. The lowest BCUT2D eigenvalue weighted by atomic mass is 9.82. The highest BCUT2D eigenvalue weighted by Gasteiger charge is 2.31. The molecule has 1 aliphatic rings. The Kier molecular flexibility index (Phi) is 4.52. The largest absolute Gasteiger partial charge is 0.481 e. The van der Waals surface area contributed by atoms with Crippen LogP contribution in [0.4, 0.5) is 0 Å². The Morgan fingerprint density at radius 3 is 2.61 bits per heavy atom. The highest BCUT2D eigenvalue weighted by atomic mass is 35.5. The molecule has 2 unspecified atom stereocenters. The highest BCUT2D eigenvalue weighted by Crippen LogP contribution is 2.40. The van der Waals surface area contributed by atoms with E-state index in [4.69, 9.17) is 23.2 Å². The first-order chi connectivity index (χ1) is 8.59. The van der Waals surface area contributed by atoms with Crippen molar-refractivity contribution in [2.75, 3.05) is 0 Å². The lowest BCUT2D eigenvalue weighted by molar-refractivity contribution is -0.142. The van der Waals surface area contributed by atoms with Crippen LogP contribution in [0.25, 0.3) is 0 Å². The standard InChI is InChI=1S/C14H16Cl2O2/c15-9-6-7-13(16)12(8-9)10-4-2-1-3-5-11(10)14(17)18/h6-8,10-11H,1-5H2,(H,17,18). The molecule has 98 valence electrons. The van der Waals surface area contributed by atoms with Gasteiger partial charge in [0.15, 0.2) is 0 Å². The van der Waals surface area contributed by atoms with E-state index in [1.807, 2.05) is 6.07 Å². The average Bonchev–Trinajstić information content (AvgIpc) is 2.57. The summed E-state index contributed by atoms with van der Waals surface area (Å²) < 4.78 is 0. The predicted molar refractivity (Wildman–Crippen MR) is 73.4 cm³/mol. The second-order valence-corrected chi connectivity index (χ2v) is 5.70. The molecule has 4 heteroatoms. The van der Waals surface area contributed by atoms with Gasteiger partial charge >= 0.3 is 5.97 Å². The van der Waals surface area contributed by atoms with E-state index in [0.717, 1.165) is 37.7 Å². The number of carboxylic acid groups (broad SMARTS) is 1. The number of halogens is 2. The van der Waals surface area contributed by atoms with E-state index in [2.05, 4.69) is 0 Å². The molecule has 0 radical (unpaired) electrons. The van der Waals surface area contributed by atoms with Crippen LogP contribution in [0, 0.1) is 5.92 Å². The van der Waals surface area contributed by atoms with Gasteiger partial charge in [-0.05, 0) is 42.5 Å². The molecule has 1 N–H and O–H groups in total. The number of rotatable bonds is 2. The molecular formula is C14H16Cl2O2. The van der Waals surface area contributed by atoms with Crippen LogP contribution in [0.5, 0.6) is 0 Å². The van der Waals surface area contributed by atoms with Crippen molar-refractivity contribution in [1.29, 1.82) is 0 Å². The molecule has 2 nitrogen and oxygen atoms in total. The average molecular weight is 287 g/mol. The van der Waals surface area contributed by atoms with E-state index in [1.54, 1.807) is 12.1 Å². The zero-order valence-corrected chi connectivity index (χ0v) is 11.5. The molecule has 1 aromatic carbocycles. The fourth-order valence-electron chi connectivity index (χ4n) is 2.77. The maximum atomic E-state index is 11.4. The van der Waals surface area contributed by atoms with Gasteiger partial charge < -0.3 is 5.11 Å². The van der Waals surface area contributed by atoms with Crippen molar-refractivity contribution >= 4 is 29.2 Å². The van der Waals surface area contributed by atoms with E-state index in [0.29, 0.717) is 10.0 Å². The third-order valence-electron chi connectivity index (χ3n) is 3.69. The van der Waals surface area contributed by atoms with Gasteiger partial charge in [-0.15, -0.1) is 0 Å². The minimum absolute atomic E-state index is 0.0174. The van der Waals surface area contributed by atoms with Crippen LogP contribution in [-0.4, -0.2) is 11.1 Å². The van der Waals surface area contributed by atoms with Crippen LogP contribution in [0.3, 0.4) is 0 Å². The van der Waals surface area contributed by atoms with Crippen molar-refractivity contribution in [3.8, 4) is 0 Å². The van der Waals surface area contributed by atoms with Gasteiger partial charge in [0.1, 0.15) is 0 Å². The Hall–Kier alpha value is -0.730. The highest BCUT2D eigenvalue weighted by molar-refractivity contribution is 6.33. The van der Waals surface area contributed by atoms with Gasteiger partial charge in [-0.25, -0.2) is 0 Å². The van der Waals surface area contributed by atoms with Crippen LogP contribution < -0.4 is 0 Å². The molecule has 2 rings (SSSR count). The van der Waals surface area contributed by atoms with Crippen LogP contribution in [-0.2, 0) is 4.79 Å². The van der Waals surface area contributed by atoms with Crippen molar-refractivity contribution < 1.29 is 9.90 Å². The van der Waals surface area contributed by atoms with E-state index in [9.17, 15) is 9.90 Å². The molecule has 0 saturated heterocycles. The molecule has 1 aliphatic carbocycles. The summed E-state index contributed by atoms with van der Waals surface area (Å²) in [7, 11) is 0. The summed E-state index contributed by atoms with van der Waals surface area (Å²) in [4.78, 5) is 11.4. The molecule has 0 heterocycles. The summed E-state index contributed by atoms with van der Waals surface area (Å²) >= 11 is 12.2. The van der Waals surface area contributed by atoms with Crippen molar-refractivity contribution in [2.45, 2.75) is 38.0 Å². The number of carboxylic acids is 1. The minimum atomic E-state index is -0.724. The van der Waals surface area contributed by atoms with Gasteiger partial charge in [-0.2, -0.15) is 0 Å². The summed E-state index contributed by atoms with van der Waals surface area (Å²) in [6.45, 7) is 0. The first-order valence-corrected chi connectivity index (χ1v) is 7.03. The molecule has 0 spiro atoms. The molecule has 1 fully saturated rings. The number of aliphatic carboxylic acids is 1. The Morgan fingerprint density at radius 1 is 1.17 bits per heavy atom. The molecule has 2 atom stereocenters. The van der Waals surface area contributed by atoms with Crippen LogP contribution in [0.2, 0.25) is 10.0 Å². The minimum Gasteiger partial charge on any atom is -0.481 e. The van der Waals surface area contributed by atoms with E-state index in [1.165, 1.54) is 0 Å². The number of hydrogen-bond donors (Lipinski definition) is 1.